The SMILES string of the molecule is COCOc1c(CO)cc2ccccc2c1-c1c(OCc2cc(NC(=O)NC3=CCCC=C3)cc(NC(=O)Nc3ccccc3)c2)ccc2ccccc12. The second-order valence-corrected chi connectivity index (χ2v) is 12.7. The second kappa shape index (κ2) is 16.8. The zero-order valence-corrected chi connectivity index (χ0v) is 29.7. The molecule has 7 rings (SSSR count). The fourth-order valence-corrected chi connectivity index (χ4v) is 6.56. The van der Waals surface area contributed by atoms with E-state index in [2.05, 4.69) is 21.3 Å². The van der Waals surface area contributed by atoms with Gasteiger partial charge in [-0.2, -0.15) is 0 Å². The lowest BCUT2D eigenvalue weighted by atomic mass is 9.90. The Bertz CT molecular complexity index is 2370. The standard InChI is InChI=1S/C44H40N4O6/c1-52-28-54-42-32(26-49)24-31-13-9-11-19-38(31)41(42)40-37-18-10-8-12-30(37)20-21-39(40)53-27-29-22-35(47-43(50)45-33-14-4-2-5-15-33)25-36(23-29)48-44(51)46-34-16-6-3-7-17-34/h2,4-6,8-25,49H,3,7,26-28H2,1H3,(H2,45,47,50)(H2,46,48,51). The number of nitrogens with one attached hydrogen (secondary N) is 4. The lowest BCUT2D eigenvalue weighted by Crippen LogP contribution is -2.28. The molecule has 6 aromatic carbocycles. The molecule has 0 saturated carbocycles. The van der Waals surface area contributed by atoms with E-state index in [1.54, 1.807) is 37.4 Å². The number of aliphatic hydroxyl groups is 1. The summed E-state index contributed by atoms with van der Waals surface area (Å²) in [6, 6.07) is 35.4. The van der Waals surface area contributed by atoms with Gasteiger partial charge in [0.1, 0.15) is 18.1 Å². The summed E-state index contributed by atoms with van der Waals surface area (Å²) in [4.78, 5) is 26.1. The van der Waals surface area contributed by atoms with Gasteiger partial charge in [-0.3, -0.25) is 0 Å². The van der Waals surface area contributed by atoms with Crippen LogP contribution in [0.2, 0.25) is 0 Å². The monoisotopic (exact) mass is 720 g/mol. The lowest BCUT2D eigenvalue weighted by Gasteiger charge is -2.22. The summed E-state index contributed by atoms with van der Waals surface area (Å²) in [6.45, 7) is -0.183. The van der Waals surface area contributed by atoms with Gasteiger partial charge >= 0.3 is 12.1 Å². The predicted octanol–water partition coefficient (Wildman–Crippen LogP) is 9.71. The molecule has 0 atom stereocenters. The third kappa shape index (κ3) is 8.36. The average molecular weight is 721 g/mol. The number of ether oxygens (including phenoxy) is 3. The molecule has 0 spiro atoms. The van der Waals surface area contributed by atoms with Gasteiger partial charge in [-0.05, 0) is 88.5 Å². The van der Waals surface area contributed by atoms with Crippen molar-refractivity contribution in [2.75, 3.05) is 29.9 Å². The minimum absolute atomic E-state index is 0.0200. The van der Waals surface area contributed by atoms with Crippen molar-refractivity contribution >= 4 is 50.7 Å². The van der Waals surface area contributed by atoms with Crippen LogP contribution in [-0.2, 0) is 18.0 Å². The first-order chi connectivity index (χ1) is 26.5. The fraction of sp³-hybridized carbons (Fsp3) is 0.136. The molecule has 272 valence electrons. The topological polar surface area (TPSA) is 130 Å². The molecule has 4 amide bonds. The van der Waals surface area contributed by atoms with Crippen LogP contribution in [-0.4, -0.2) is 31.1 Å². The first-order valence-electron chi connectivity index (χ1n) is 17.6. The largest absolute Gasteiger partial charge is 0.488 e. The molecular formula is C44H40N4O6. The van der Waals surface area contributed by atoms with Crippen LogP contribution in [0.5, 0.6) is 11.5 Å². The first-order valence-corrected chi connectivity index (χ1v) is 17.6. The van der Waals surface area contributed by atoms with E-state index in [4.69, 9.17) is 14.2 Å². The highest BCUT2D eigenvalue weighted by atomic mass is 16.7. The number of para-hydroxylation sites is 1. The molecule has 0 fully saturated rings. The Labute approximate surface area is 313 Å². The number of hydrogen-bond donors (Lipinski definition) is 5. The molecule has 0 bridgehead atoms. The van der Waals surface area contributed by atoms with Crippen molar-refractivity contribution in [1.82, 2.24) is 5.32 Å². The number of fused-ring (bicyclic) bond motifs is 2. The Hall–Kier alpha value is -6.62. The summed E-state index contributed by atoms with van der Waals surface area (Å²) in [5.74, 6) is 1.06. The number of carbonyl (C=O) groups is 2. The fourth-order valence-electron chi connectivity index (χ4n) is 6.56. The van der Waals surface area contributed by atoms with Crippen molar-refractivity contribution in [1.29, 1.82) is 0 Å². The number of benzene rings is 6. The second-order valence-electron chi connectivity index (χ2n) is 12.7. The van der Waals surface area contributed by atoms with Crippen molar-refractivity contribution in [3.8, 4) is 22.6 Å². The molecule has 10 nitrogen and oxygen atoms in total. The summed E-state index contributed by atoms with van der Waals surface area (Å²) in [7, 11) is 1.55. The predicted molar refractivity (Wildman–Crippen MR) is 214 cm³/mol. The van der Waals surface area contributed by atoms with E-state index in [0.717, 1.165) is 45.5 Å². The van der Waals surface area contributed by atoms with E-state index in [9.17, 15) is 14.7 Å². The summed E-state index contributed by atoms with van der Waals surface area (Å²) >= 11 is 0. The van der Waals surface area contributed by atoms with E-state index < -0.39 is 12.1 Å². The first kappa shape index (κ1) is 35.8. The molecule has 54 heavy (non-hydrogen) atoms. The number of rotatable bonds is 12. The molecule has 1 aliphatic carbocycles. The Morgan fingerprint density at radius 3 is 2.04 bits per heavy atom. The number of aliphatic hydroxyl groups excluding tert-OH is 1. The number of methoxy groups -OCH3 is 1. The molecule has 10 heteroatoms. The van der Waals surface area contributed by atoms with Gasteiger partial charge < -0.3 is 40.6 Å². The lowest BCUT2D eigenvalue weighted by molar-refractivity contribution is 0.0500. The zero-order chi connectivity index (χ0) is 37.3. The maximum Gasteiger partial charge on any atom is 0.323 e. The number of carbonyl (C=O) groups excluding carboxylic acids is 2. The summed E-state index contributed by atoms with van der Waals surface area (Å²) < 4.78 is 18.2. The summed E-state index contributed by atoms with van der Waals surface area (Å²) in [5, 5.41) is 25.8. The van der Waals surface area contributed by atoms with Crippen LogP contribution in [0.4, 0.5) is 26.7 Å². The van der Waals surface area contributed by atoms with Gasteiger partial charge in [0.05, 0.1) is 6.61 Å². The van der Waals surface area contributed by atoms with Crippen LogP contribution >= 0.6 is 0 Å². The molecular weight excluding hydrogens is 681 g/mol. The molecule has 5 N–H and O–H groups in total. The van der Waals surface area contributed by atoms with Crippen molar-refractivity contribution < 1.29 is 28.9 Å². The van der Waals surface area contributed by atoms with E-state index in [1.807, 2.05) is 103 Å². The number of anilines is 3. The molecule has 6 aromatic rings. The van der Waals surface area contributed by atoms with E-state index >= 15 is 0 Å². The van der Waals surface area contributed by atoms with E-state index in [0.29, 0.717) is 45.4 Å². The molecule has 0 saturated heterocycles. The molecule has 0 radical (unpaired) electrons. The number of amides is 4. The number of hydrogen-bond acceptors (Lipinski definition) is 6. The highest BCUT2D eigenvalue weighted by Crippen LogP contribution is 2.47. The van der Waals surface area contributed by atoms with Gasteiger partial charge in [0.25, 0.3) is 0 Å². The van der Waals surface area contributed by atoms with Crippen molar-refractivity contribution in [3.05, 3.63) is 150 Å². The number of urea groups is 2. The van der Waals surface area contributed by atoms with Gasteiger partial charge in [0, 0.05) is 46.6 Å². The minimum Gasteiger partial charge on any atom is -0.488 e. The van der Waals surface area contributed by atoms with Gasteiger partial charge in [-0.1, -0.05) is 84.9 Å². The van der Waals surface area contributed by atoms with Crippen LogP contribution in [0.3, 0.4) is 0 Å². The maximum absolute atomic E-state index is 13.1. The molecule has 0 heterocycles. The number of allylic oxidation sites excluding steroid dienone is 3. The van der Waals surface area contributed by atoms with Crippen LogP contribution in [0, 0.1) is 0 Å². The highest BCUT2D eigenvalue weighted by Gasteiger charge is 2.22. The Balaban J connectivity index is 1.26. The highest BCUT2D eigenvalue weighted by molar-refractivity contribution is 6.10. The van der Waals surface area contributed by atoms with Crippen LogP contribution in [0.1, 0.15) is 24.0 Å². The summed E-state index contributed by atoms with van der Waals surface area (Å²) in [6.07, 6.45) is 7.63. The Kier molecular flexibility index (Phi) is 11.1. The minimum atomic E-state index is -0.441. The molecule has 0 aliphatic heterocycles. The van der Waals surface area contributed by atoms with Gasteiger partial charge in [0.2, 0.25) is 0 Å². The summed E-state index contributed by atoms with van der Waals surface area (Å²) in [5.41, 5.74) is 5.11. The Morgan fingerprint density at radius 2 is 1.33 bits per heavy atom. The van der Waals surface area contributed by atoms with E-state index in [1.165, 1.54) is 0 Å². The Morgan fingerprint density at radius 1 is 0.667 bits per heavy atom. The van der Waals surface area contributed by atoms with Gasteiger partial charge in [-0.15, -0.1) is 0 Å². The van der Waals surface area contributed by atoms with Crippen molar-refractivity contribution in [3.63, 3.8) is 0 Å². The maximum atomic E-state index is 13.1. The third-order valence-electron chi connectivity index (χ3n) is 8.90. The van der Waals surface area contributed by atoms with Crippen LogP contribution < -0.4 is 30.7 Å². The average Bonchev–Trinajstić information content (AvgIpc) is 3.19. The molecule has 0 aromatic heterocycles. The van der Waals surface area contributed by atoms with Crippen LogP contribution in [0.15, 0.2) is 139 Å². The van der Waals surface area contributed by atoms with Gasteiger partial charge in [-0.25, -0.2) is 9.59 Å². The van der Waals surface area contributed by atoms with Gasteiger partial charge in [0.15, 0.2) is 6.79 Å². The normalized spacial score (nSPS) is 12.2. The zero-order valence-electron chi connectivity index (χ0n) is 29.7. The molecule has 0 unspecified atom stereocenters. The molecule has 1 aliphatic rings. The third-order valence-corrected chi connectivity index (χ3v) is 8.90. The van der Waals surface area contributed by atoms with E-state index in [-0.39, 0.29) is 20.0 Å². The van der Waals surface area contributed by atoms with Crippen molar-refractivity contribution in [2.45, 2.75) is 26.1 Å². The van der Waals surface area contributed by atoms with Crippen molar-refractivity contribution in [2.24, 2.45) is 0 Å². The van der Waals surface area contributed by atoms with Crippen LogP contribution in [0.25, 0.3) is 32.7 Å². The smallest absolute Gasteiger partial charge is 0.323 e. The quantitative estimate of drug-likeness (QED) is 0.0801.